The quantitative estimate of drug-likeness (QED) is 0.815. The maximum atomic E-state index is 12.2. The van der Waals surface area contributed by atoms with Gasteiger partial charge < -0.3 is 10.2 Å². The summed E-state index contributed by atoms with van der Waals surface area (Å²) in [6.45, 7) is 1.65. The van der Waals surface area contributed by atoms with Crippen molar-refractivity contribution in [3.8, 4) is 0 Å². The molecule has 0 spiro atoms. The monoisotopic (exact) mass is 384 g/mol. The minimum absolute atomic E-state index is 0.0813. The Bertz CT molecular complexity index is 728. The Morgan fingerprint density at radius 1 is 0.958 bits per heavy atom. The number of benzene rings is 2. The minimum atomic E-state index is -0.336. The molecule has 0 atom stereocenters. The molecule has 2 rings (SSSR count). The lowest BCUT2D eigenvalue weighted by Gasteiger charge is -2.20. The fourth-order valence-corrected chi connectivity index (χ4v) is 2.74. The second-order valence-electron chi connectivity index (χ2n) is 5.21. The maximum Gasteiger partial charge on any atom is 0.244 e. The number of carbonyl (C=O) groups excluding carboxylic acids is 2. The number of hydrogen-bond donors (Lipinski definition) is 1. The van der Waals surface area contributed by atoms with Crippen LogP contribution in [-0.4, -0.2) is 23.3 Å². The number of rotatable bonds is 5. The highest BCUT2D eigenvalue weighted by atomic mass is 35.5. The SMILES string of the molecule is CC(=O)N(CC(=O)Nc1cc(Cl)cc(Cl)c1)Cc1ccc(Cl)cc1. The maximum absolute atomic E-state index is 12.2. The van der Waals surface area contributed by atoms with Gasteiger partial charge in [0.2, 0.25) is 11.8 Å². The van der Waals surface area contributed by atoms with E-state index < -0.39 is 0 Å². The topological polar surface area (TPSA) is 49.4 Å². The first-order valence-corrected chi connectivity index (χ1v) is 8.23. The molecule has 24 heavy (non-hydrogen) atoms. The fraction of sp³-hybridized carbons (Fsp3) is 0.176. The first kappa shape index (κ1) is 18.6. The number of hydrogen-bond acceptors (Lipinski definition) is 2. The summed E-state index contributed by atoms with van der Waals surface area (Å²) in [5.41, 5.74) is 1.36. The molecule has 4 nitrogen and oxygen atoms in total. The van der Waals surface area contributed by atoms with Crippen molar-refractivity contribution >= 4 is 52.3 Å². The van der Waals surface area contributed by atoms with Gasteiger partial charge in [-0.3, -0.25) is 9.59 Å². The van der Waals surface area contributed by atoms with Crippen molar-refractivity contribution in [2.45, 2.75) is 13.5 Å². The number of amides is 2. The largest absolute Gasteiger partial charge is 0.329 e. The van der Waals surface area contributed by atoms with Crippen LogP contribution in [-0.2, 0) is 16.1 Å². The number of anilines is 1. The smallest absolute Gasteiger partial charge is 0.244 e. The van der Waals surface area contributed by atoms with Gasteiger partial charge in [-0.05, 0) is 35.9 Å². The van der Waals surface area contributed by atoms with E-state index in [0.717, 1.165) is 5.56 Å². The van der Waals surface area contributed by atoms with E-state index in [2.05, 4.69) is 5.32 Å². The Hall–Kier alpha value is -1.75. The zero-order valence-corrected chi connectivity index (χ0v) is 15.1. The van der Waals surface area contributed by atoms with Gasteiger partial charge in [-0.1, -0.05) is 46.9 Å². The third kappa shape index (κ3) is 5.71. The number of nitrogens with zero attached hydrogens (tertiary/aromatic N) is 1. The van der Waals surface area contributed by atoms with Crippen LogP contribution in [0.3, 0.4) is 0 Å². The Balaban J connectivity index is 2.02. The van der Waals surface area contributed by atoms with Crippen molar-refractivity contribution < 1.29 is 9.59 Å². The van der Waals surface area contributed by atoms with Gasteiger partial charge in [-0.2, -0.15) is 0 Å². The van der Waals surface area contributed by atoms with Crippen molar-refractivity contribution in [3.63, 3.8) is 0 Å². The van der Waals surface area contributed by atoms with Gasteiger partial charge in [-0.25, -0.2) is 0 Å². The average Bonchev–Trinajstić information content (AvgIpc) is 2.47. The molecule has 0 heterocycles. The molecule has 0 saturated heterocycles. The first-order chi connectivity index (χ1) is 11.3. The van der Waals surface area contributed by atoms with Crippen molar-refractivity contribution in [2.24, 2.45) is 0 Å². The Morgan fingerprint density at radius 3 is 2.08 bits per heavy atom. The standard InChI is InChI=1S/C17H15Cl3N2O2/c1-11(23)22(9-12-2-4-13(18)5-3-12)10-17(24)21-16-7-14(19)6-15(20)8-16/h2-8H,9-10H2,1H3,(H,21,24). The van der Waals surface area contributed by atoms with E-state index >= 15 is 0 Å². The molecule has 2 amide bonds. The van der Waals surface area contributed by atoms with Crippen molar-refractivity contribution in [3.05, 3.63) is 63.1 Å². The third-order valence-electron chi connectivity index (χ3n) is 3.21. The molecule has 0 fully saturated rings. The van der Waals surface area contributed by atoms with Crippen LogP contribution in [0.15, 0.2) is 42.5 Å². The van der Waals surface area contributed by atoms with Crippen molar-refractivity contribution in [1.82, 2.24) is 4.90 Å². The van der Waals surface area contributed by atoms with E-state index in [1.807, 2.05) is 12.1 Å². The van der Waals surface area contributed by atoms with Crippen LogP contribution in [0.25, 0.3) is 0 Å². The molecule has 0 aromatic heterocycles. The van der Waals surface area contributed by atoms with E-state index in [1.165, 1.54) is 11.8 Å². The predicted octanol–water partition coefficient (Wildman–Crippen LogP) is 4.63. The zero-order valence-electron chi connectivity index (χ0n) is 12.9. The molecular weight excluding hydrogens is 371 g/mol. The van der Waals surface area contributed by atoms with Gasteiger partial charge in [0.15, 0.2) is 0 Å². The Kier molecular flexibility index (Phi) is 6.49. The van der Waals surface area contributed by atoms with Crippen LogP contribution in [0.4, 0.5) is 5.69 Å². The van der Waals surface area contributed by atoms with Crippen molar-refractivity contribution in [1.29, 1.82) is 0 Å². The van der Waals surface area contributed by atoms with Crippen LogP contribution < -0.4 is 5.32 Å². The van der Waals surface area contributed by atoms with Gasteiger partial charge in [0.1, 0.15) is 6.54 Å². The van der Waals surface area contributed by atoms with Gasteiger partial charge >= 0.3 is 0 Å². The molecule has 2 aromatic rings. The molecule has 0 bridgehead atoms. The summed E-state index contributed by atoms with van der Waals surface area (Å²) >= 11 is 17.6. The summed E-state index contributed by atoms with van der Waals surface area (Å²) in [6.07, 6.45) is 0. The van der Waals surface area contributed by atoms with Crippen LogP contribution in [0.2, 0.25) is 15.1 Å². The molecule has 0 aliphatic rings. The molecule has 0 aliphatic heterocycles. The highest BCUT2D eigenvalue weighted by Gasteiger charge is 2.14. The second kappa shape index (κ2) is 8.38. The first-order valence-electron chi connectivity index (χ1n) is 7.09. The molecular formula is C17H15Cl3N2O2. The second-order valence-corrected chi connectivity index (χ2v) is 6.52. The van der Waals surface area contributed by atoms with Crippen LogP contribution in [0, 0.1) is 0 Å². The van der Waals surface area contributed by atoms with E-state index in [9.17, 15) is 9.59 Å². The number of nitrogens with one attached hydrogen (secondary N) is 1. The van der Waals surface area contributed by atoms with E-state index in [4.69, 9.17) is 34.8 Å². The van der Waals surface area contributed by atoms with Gasteiger partial charge in [0.05, 0.1) is 0 Å². The summed E-state index contributed by atoms with van der Waals surface area (Å²) in [5.74, 6) is -0.540. The zero-order chi connectivity index (χ0) is 17.7. The van der Waals surface area contributed by atoms with Crippen LogP contribution in [0.5, 0.6) is 0 Å². The normalized spacial score (nSPS) is 10.3. The molecule has 2 aromatic carbocycles. The number of halogens is 3. The molecule has 7 heteroatoms. The van der Waals surface area contributed by atoms with Gasteiger partial charge in [0, 0.05) is 34.2 Å². The van der Waals surface area contributed by atoms with E-state index in [0.29, 0.717) is 27.3 Å². The highest BCUT2D eigenvalue weighted by molar-refractivity contribution is 6.35. The molecule has 0 aliphatic carbocycles. The Morgan fingerprint density at radius 2 is 1.54 bits per heavy atom. The molecule has 0 radical (unpaired) electrons. The average molecular weight is 386 g/mol. The summed E-state index contributed by atoms with van der Waals surface area (Å²) in [6, 6.07) is 11.8. The van der Waals surface area contributed by atoms with Crippen LogP contribution in [0.1, 0.15) is 12.5 Å². The lowest BCUT2D eigenvalue weighted by atomic mass is 10.2. The fourth-order valence-electron chi connectivity index (χ4n) is 2.09. The Labute approximate surface area is 155 Å². The molecule has 1 N–H and O–H groups in total. The van der Waals surface area contributed by atoms with Crippen molar-refractivity contribution in [2.75, 3.05) is 11.9 Å². The van der Waals surface area contributed by atoms with Crippen LogP contribution >= 0.6 is 34.8 Å². The van der Waals surface area contributed by atoms with E-state index in [1.54, 1.807) is 30.3 Å². The molecule has 126 valence electrons. The molecule has 0 saturated carbocycles. The lowest BCUT2D eigenvalue weighted by molar-refractivity contribution is -0.133. The third-order valence-corrected chi connectivity index (χ3v) is 3.90. The number of carbonyl (C=O) groups is 2. The summed E-state index contributed by atoms with van der Waals surface area (Å²) in [5, 5.41) is 4.13. The van der Waals surface area contributed by atoms with Gasteiger partial charge in [-0.15, -0.1) is 0 Å². The summed E-state index contributed by atoms with van der Waals surface area (Å²) < 4.78 is 0. The minimum Gasteiger partial charge on any atom is -0.329 e. The lowest BCUT2D eigenvalue weighted by Crippen LogP contribution is -2.36. The summed E-state index contributed by atoms with van der Waals surface area (Å²) in [4.78, 5) is 25.4. The highest BCUT2D eigenvalue weighted by Crippen LogP contribution is 2.22. The van der Waals surface area contributed by atoms with Gasteiger partial charge in [0.25, 0.3) is 0 Å². The van der Waals surface area contributed by atoms with E-state index in [-0.39, 0.29) is 18.4 Å². The molecule has 0 unspecified atom stereocenters. The predicted molar refractivity (Wildman–Crippen MR) is 97.6 cm³/mol. The summed E-state index contributed by atoms with van der Waals surface area (Å²) in [7, 11) is 0.